The lowest BCUT2D eigenvalue weighted by atomic mass is 10.1. The lowest BCUT2D eigenvalue weighted by Crippen LogP contribution is -2.32. The van der Waals surface area contributed by atoms with Crippen LogP contribution in [0.15, 0.2) is 0 Å². The van der Waals surface area contributed by atoms with Gasteiger partial charge in [0.25, 0.3) is 0 Å². The molecule has 0 radical (unpaired) electrons. The van der Waals surface area contributed by atoms with Crippen molar-refractivity contribution in [1.29, 1.82) is 0 Å². The highest BCUT2D eigenvalue weighted by Gasteiger charge is 2.24. The number of hydrogen-bond acceptors (Lipinski definition) is 6. The Hall–Kier alpha value is -1.37. The largest absolute Gasteiger partial charge is 0.383 e. The van der Waals surface area contributed by atoms with E-state index in [1.807, 2.05) is 6.92 Å². The number of sulfone groups is 1. The molecule has 18 heavy (non-hydrogen) atoms. The van der Waals surface area contributed by atoms with Gasteiger partial charge in [0.15, 0.2) is 0 Å². The lowest BCUT2D eigenvalue weighted by Gasteiger charge is -2.24. The van der Waals surface area contributed by atoms with Crippen LogP contribution in [0, 0.1) is 13.8 Å². The molecule has 0 spiro atoms. The van der Waals surface area contributed by atoms with E-state index >= 15 is 0 Å². The number of hydrogen-bond donors (Lipinski definition) is 2. The highest BCUT2D eigenvalue weighted by atomic mass is 32.2. The van der Waals surface area contributed by atoms with Gasteiger partial charge in [-0.25, -0.2) is 18.4 Å². The highest BCUT2D eigenvalue weighted by molar-refractivity contribution is 7.91. The summed E-state index contributed by atoms with van der Waals surface area (Å²) < 4.78 is 22.7. The molecule has 0 amide bonds. The van der Waals surface area contributed by atoms with E-state index in [4.69, 9.17) is 5.73 Å². The van der Waals surface area contributed by atoms with E-state index in [0.29, 0.717) is 30.3 Å². The van der Waals surface area contributed by atoms with Crippen LogP contribution in [-0.4, -0.2) is 35.9 Å². The van der Waals surface area contributed by atoms with Gasteiger partial charge in [0.1, 0.15) is 27.3 Å². The first kappa shape index (κ1) is 13.1. The zero-order chi connectivity index (χ0) is 13.3. The van der Waals surface area contributed by atoms with Gasteiger partial charge in [-0.15, -0.1) is 0 Å². The molecule has 0 aliphatic carbocycles. The summed E-state index contributed by atoms with van der Waals surface area (Å²) in [7, 11) is -2.83. The fraction of sp³-hybridized carbons (Fsp3) is 0.636. The minimum Gasteiger partial charge on any atom is -0.383 e. The van der Waals surface area contributed by atoms with Crippen LogP contribution in [0.3, 0.4) is 0 Å². The predicted molar refractivity (Wildman–Crippen MR) is 71.2 cm³/mol. The Morgan fingerprint density at radius 3 is 2.44 bits per heavy atom. The van der Waals surface area contributed by atoms with Crippen molar-refractivity contribution in [2.75, 3.05) is 22.6 Å². The molecule has 0 saturated carbocycles. The molecule has 0 unspecified atom stereocenters. The summed E-state index contributed by atoms with van der Waals surface area (Å²) in [6.07, 6.45) is 1.23. The normalized spacial score (nSPS) is 19.7. The summed E-state index contributed by atoms with van der Waals surface area (Å²) in [5, 5.41) is 3.27. The number of nitrogen functional groups attached to an aromatic ring is 1. The number of rotatable bonds is 2. The molecule has 0 bridgehead atoms. The Morgan fingerprint density at radius 2 is 1.83 bits per heavy atom. The molecule has 100 valence electrons. The van der Waals surface area contributed by atoms with Crippen LogP contribution in [0.4, 0.5) is 11.6 Å². The van der Waals surface area contributed by atoms with Gasteiger partial charge in [-0.3, -0.25) is 0 Å². The van der Waals surface area contributed by atoms with Crippen LogP contribution in [-0.2, 0) is 9.84 Å². The molecule has 2 heterocycles. The Balaban J connectivity index is 2.11. The van der Waals surface area contributed by atoms with E-state index in [-0.39, 0.29) is 17.5 Å². The van der Waals surface area contributed by atoms with Gasteiger partial charge in [-0.2, -0.15) is 0 Å². The molecule has 1 fully saturated rings. The van der Waals surface area contributed by atoms with Crippen molar-refractivity contribution in [3.63, 3.8) is 0 Å². The van der Waals surface area contributed by atoms with Crippen LogP contribution in [0.25, 0.3) is 0 Å². The number of aryl methyl sites for hydroxylation is 1. The van der Waals surface area contributed by atoms with Crippen LogP contribution in [0.2, 0.25) is 0 Å². The summed E-state index contributed by atoms with van der Waals surface area (Å²) in [4.78, 5) is 8.39. The predicted octanol–water partition coefficient (Wildman–Crippen LogP) is 0.665. The van der Waals surface area contributed by atoms with E-state index < -0.39 is 9.84 Å². The zero-order valence-corrected chi connectivity index (χ0v) is 11.4. The quantitative estimate of drug-likeness (QED) is 0.819. The molecular formula is C11H18N4O2S. The van der Waals surface area contributed by atoms with Crippen molar-refractivity contribution < 1.29 is 8.42 Å². The molecule has 7 heteroatoms. The Labute approximate surface area is 107 Å². The first-order chi connectivity index (χ1) is 8.37. The van der Waals surface area contributed by atoms with Crippen LogP contribution in [0.1, 0.15) is 24.2 Å². The molecular weight excluding hydrogens is 252 g/mol. The summed E-state index contributed by atoms with van der Waals surface area (Å²) in [6.45, 7) is 3.64. The molecule has 0 atom stereocenters. The first-order valence-corrected chi connectivity index (χ1v) is 7.77. The van der Waals surface area contributed by atoms with E-state index in [0.717, 1.165) is 5.56 Å². The molecule has 1 saturated heterocycles. The highest BCUT2D eigenvalue weighted by Crippen LogP contribution is 2.21. The number of nitrogens with one attached hydrogen (secondary N) is 1. The maximum absolute atomic E-state index is 11.4. The monoisotopic (exact) mass is 270 g/mol. The molecule has 6 nitrogen and oxygen atoms in total. The summed E-state index contributed by atoms with van der Waals surface area (Å²) in [5.41, 5.74) is 6.60. The summed E-state index contributed by atoms with van der Waals surface area (Å²) >= 11 is 0. The number of aromatic nitrogens is 2. The maximum Gasteiger partial charge on any atom is 0.150 e. The van der Waals surface area contributed by atoms with Crippen LogP contribution >= 0.6 is 0 Å². The molecule has 0 aromatic carbocycles. The summed E-state index contributed by atoms with van der Waals surface area (Å²) in [5.74, 6) is 2.27. The van der Waals surface area contributed by atoms with Gasteiger partial charge in [-0.05, 0) is 26.7 Å². The minimum absolute atomic E-state index is 0.140. The van der Waals surface area contributed by atoms with Gasteiger partial charge in [-0.1, -0.05) is 0 Å². The average Bonchev–Trinajstić information content (AvgIpc) is 2.28. The van der Waals surface area contributed by atoms with Crippen LogP contribution in [0.5, 0.6) is 0 Å². The third-order valence-corrected chi connectivity index (χ3v) is 4.91. The third kappa shape index (κ3) is 2.90. The smallest absolute Gasteiger partial charge is 0.150 e. The number of nitrogens with two attached hydrogens (primary N) is 1. The fourth-order valence-corrected chi connectivity index (χ4v) is 3.51. The lowest BCUT2D eigenvalue weighted by molar-refractivity contribution is 0.559. The summed E-state index contributed by atoms with van der Waals surface area (Å²) in [6, 6.07) is 0.140. The fourth-order valence-electron chi connectivity index (χ4n) is 2.02. The number of nitrogens with zero attached hydrogens (tertiary/aromatic N) is 2. The Morgan fingerprint density at radius 1 is 1.22 bits per heavy atom. The third-order valence-electron chi connectivity index (χ3n) is 3.19. The second-order valence-electron chi connectivity index (χ2n) is 4.70. The van der Waals surface area contributed by atoms with E-state index in [9.17, 15) is 8.42 Å². The van der Waals surface area contributed by atoms with E-state index in [2.05, 4.69) is 15.3 Å². The molecule has 1 aromatic rings. The number of anilines is 2. The minimum atomic E-state index is -2.83. The van der Waals surface area contributed by atoms with Crippen molar-refractivity contribution in [2.45, 2.75) is 32.7 Å². The molecule has 2 rings (SSSR count). The molecule has 1 aliphatic rings. The SMILES string of the molecule is Cc1nc(N)c(C)c(NC2CCS(=O)(=O)CC2)n1. The van der Waals surface area contributed by atoms with Crippen molar-refractivity contribution in [3.05, 3.63) is 11.4 Å². The maximum atomic E-state index is 11.4. The molecule has 3 N–H and O–H groups in total. The van der Waals surface area contributed by atoms with E-state index in [1.165, 1.54) is 0 Å². The average molecular weight is 270 g/mol. The van der Waals surface area contributed by atoms with Crippen molar-refractivity contribution >= 4 is 21.5 Å². The van der Waals surface area contributed by atoms with Gasteiger partial charge < -0.3 is 11.1 Å². The van der Waals surface area contributed by atoms with Crippen molar-refractivity contribution in [2.24, 2.45) is 0 Å². The van der Waals surface area contributed by atoms with E-state index in [1.54, 1.807) is 6.92 Å². The van der Waals surface area contributed by atoms with Crippen molar-refractivity contribution in [3.8, 4) is 0 Å². The standard InChI is InChI=1S/C11H18N4O2S/c1-7-10(12)13-8(2)14-11(7)15-9-3-5-18(16,17)6-4-9/h9H,3-6H2,1-2H3,(H3,12,13,14,15). The van der Waals surface area contributed by atoms with Gasteiger partial charge in [0.05, 0.1) is 11.5 Å². The van der Waals surface area contributed by atoms with Crippen LogP contribution < -0.4 is 11.1 Å². The second-order valence-corrected chi connectivity index (χ2v) is 7.00. The van der Waals surface area contributed by atoms with Crippen molar-refractivity contribution in [1.82, 2.24) is 9.97 Å². The molecule has 1 aliphatic heterocycles. The van der Waals surface area contributed by atoms with Gasteiger partial charge >= 0.3 is 0 Å². The zero-order valence-electron chi connectivity index (χ0n) is 10.6. The van der Waals surface area contributed by atoms with Gasteiger partial charge in [0, 0.05) is 11.6 Å². The second kappa shape index (κ2) is 4.72. The van der Waals surface area contributed by atoms with Gasteiger partial charge in [0.2, 0.25) is 0 Å². The Kier molecular flexibility index (Phi) is 3.43. The first-order valence-electron chi connectivity index (χ1n) is 5.95. The topological polar surface area (TPSA) is 98.0 Å². The Bertz CT molecular complexity index is 542. The molecule has 1 aromatic heterocycles.